The lowest BCUT2D eigenvalue weighted by Gasteiger charge is -2.34. The van der Waals surface area contributed by atoms with Crippen LogP contribution < -0.4 is 5.11 Å². The van der Waals surface area contributed by atoms with Gasteiger partial charge in [-0.3, -0.25) is 9.59 Å². The Labute approximate surface area is 308 Å². The van der Waals surface area contributed by atoms with E-state index in [-0.39, 0.29) is 42.7 Å². The standard InChI is InChI=1S/C42H79NO7/c1-6-8-10-12-14-15-16-17-18-19-20-21-22-23-24-25-27-29-31-33-41(45)50-38(36-48-35-34-39(42(46)47)43(3,4)5)37-49-40(44)32-30-28-26-13-11-9-7-2/h17-18,38-39H,6-16,19-37H2,1-5H3/b18-17-. The molecule has 0 radical (unpaired) electrons. The molecule has 50 heavy (non-hydrogen) atoms. The number of ether oxygens (including phenoxy) is 3. The third kappa shape index (κ3) is 32.0. The molecule has 0 bridgehead atoms. The van der Waals surface area contributed by atoms with Crippen molar-refractivity contribution >= 4 is 17.9 Å². The number of hydrogen-bond donors (Lipinski definition) is 0. The first-order chi connectivity index (χ1) is 24.1. The Kier molecular flexibility index (Phi) is 32.9. The highest BCUT2D eigenvalue weighted by Crippen LogP contribution is 2.14. The van der Waals surface area contributed by atoms with Crippen LogP contribution in [0.2, 0.25) is 0 Å². The van der Waals surface area contributed by atoms with E-state index in [4.69, 9.17) is 14.2 Å². The number of carboxylic acids is 1. The van der Waals surface area contributed by atoms with Crippen LogP contribution in [0.15, 0.2) is 12.2 Å². The van der Waals surface area contributed by atoms with E-state index < -0.39 is 18.1 Å². The molecule has 0 aromatic carbocycles. The zero-order valence-electron chi connectivity index (χ0n) is 33.3. The van der Waals surface area contributed by atoms with Crippen LogP contribution in [-0.4, -0.2) is 75.5 Å². The number of aliphatic carboxylic acids is 1. The van der Waals surface area contributed by atoms with Gasteiger partial charge in [0.05, 0.1) is 40.3 Å². The minimum atomic E-state index is -1.12. The molecule has 0 amide bonds. The van der Waals surface area contributed by atoms with Crippen molar-refractivity contribution in [2.75, 3.05) is 41.0 Å². The van der Waals surface area contributed by atoms with Gasteiger partial charge in [0.15, 0.2) is 6.10 Å². The highest BCUT2D eigenvalue weighted by Gasteiger charge is 2.25. The highest BCUT2D eigenvalue weighted by molar-refractivity contribution is 5.70. The van der Waals surface area contributed by atoms with Gasteiger partial charge in [-0.25, -0.2) is 0 Å². The first-order valence-corrected chi connectivity index (χ1v) is 20.7. The predicted molar refractivity (Wildman–Crippen MR) is 204 cm³/mol. The SMILES string of the molecule is CCCCCCCC/C=C\CCCCCCCCCCCC(=O)OC(COCCC(C(=O)[O-])[N+](C)(C)C)COC(=O)CCCCCCCCC. The highest BCUT2D eigenvalue weighted by atomic mass is 16.6. The maximum Gasteiger partial charge on any atom is 0.306 e. The van der Waals surface area contributed by atoms with E-state index in [1.165, 1.54) is 116 Å². The molecule has 0 rings (SSSR count). The Hall–Kier alpha value is -1.93. The number of likely N-dealkylation sites (N-methyl/N-ethyl adjacent to an activating group) is 1. The largest absolute Gasteiger partial charge is 0.544 e. The van der Waals surface area contributed by atoms with Gasteiger partial charge in [-0.05, 0) is 38.5 Å². The minimum Gasteiger partial charge on any atom is -0.544 e. The quantitative estimate of drug-likeness (QED) is 0.0274. The number of carbonyl (C=O) groups excluding carboxylic acids is 3. The van der Waals surface area contributed by atoms with Gasteiger partial charge in [-0.2, -0.15) is 0 Å². The summed E-state index contributed by atoms with van der Waals surface area (Å²) in [5.41, 5.74) is 0. The number of unbranched alkanes of at least 4 members (excludes halogenated alkanes) is 21. The van der Waals surface area contributed by atoms with Crippen LogP contribution in [0.25, 0.3) is 0 Å². The first-order valence-electron chi connectivity index (χ1n) is 20.7. The summed E-state index contributed by atoms with van der Waals surface area (Å²) >= 11 is 0. The molecule has 0 aliphatic rings. The van der Waals surface area contributed by atoms with Crippen molar-refractivity contribution in [2.45, 2.75) is 199 Å². The molecule has 8 heteroatoms. The van der Waals surface area contributed by atoms with Crippen LogP contribution in [0.4, 0.5) is 0 Å². The van der Waals surface area contributed by atoms with Crippen molar-refractivity contribution in [2.24, 2.45) is 0 Å². The summed E-state index contributed by atoms with van der Waals surface area (Å²) in [6.07, 6.45) is 33.9. The third-order valence-corrected chi connectivity index (χ3v) is 9.40. The number of rotatable bonds is 37. The summed E-state index contributed by atoms with van der Waals surface area (Å²) in [7, 11) is 5.40. The second-order valence-electron chi connectivity index (χ2n) is 15.2. The molecular formula is C42H79NO7. The average Bonchev–Trinajstić information content (AvgIpc) is 3.06. The van der Waals surface area contributed by atoms with Crippen LogP contribution in [-0.2, 0) is 28.6 Å². The molecule has 0 aromatic heterocycles. The number of hydrogen-bond acceptors (Lipinski definition) is 7. The van der Waals surface area contributed by atoms with Gasteiger partial charge in [0, 0.05) is 19.3 Å². The van der Waals surface area contributed by atoms with E-state index >= 15 is 0 Å². The molecule has 0 aliphatic heterocycles. The molecule has 0 N–H and O–H groups in total. The number of carbonyl (C=O) groups is 3. The summed E-state index contributed by atoms with van der Waals surface area (Å²) in [6, 6.07) is -0.720. The van der Waals surface area contributed by atoms with E-state index in [1.54, 1.807) is 21.1 Å². The average molecular weight is 710 g/mol. The zero-order chi connectivity index (χ0) is 37.1. The van der Waals surface area contributed by atoms with Gasteiger partial charge in [-0.15, -0.1) is 0 Å². The minimum absolute atomic E-state index is 0.0445. The van der Waals surface area contributed by atoms with Crippen molar-refractivity contribution < 1.29 is 38.2 Å². The fourth-order valence-electron chi connectivity index (χ4n) is 6.12. The summed E-state index contributed by atoms with van der Waals surface area (Å²) in [5, 5.41) is 11.6. The molecule has 294 valence electrons. The van der Waals surface area contributed by atoms with Crippen LogP contribution in [0, 0.1) is 0 Å². The molecule has 0 fully saturated rings. The molecule has 0 spiro atoms. The molecule has 0 aromatic rings. The van der Waals surface area contributed by atoms with Gasteiger partial charge in [0.25, 0.3) is 0 Å². The van der Waals surface area contributed by atoms with Gasteiger partial charge in [0.2, 0.25) is 0 Å². The number of carboxylic acid groups (broad SMARTS) is 1. The summed E-state index contributed by atoms with van der Waals surface area (Å²) < 4.78 is 17.1. The normalized spacial score (nSPS) is 13.1. The Morgan fingerprint density at radius 2 is 1.00 bits per heavy atom. The molecule has 0 saturated heterocycles. The zero-order valence-corrected chi connectivity index (χ0v) is 33.3. The smallest absolute Gasteiger partial charge is 0.306 e. The Bertz CT molecular complexity index is 838. The molecule has 0 aliphatic carbocycles. The van der Waals surface area contributed by atoms with E-state index in [0.717, 1.165) is 38.5 Å². The number of allylic oxidation sites excluding steroid dienone is 2. The lowest BCUT2D eigenvalue weighted by atomic mass is 10.1. The summed E-state index contributed by atoms with van der Waals surface area (Å²) in [6.45, 7) is 4.62. The lowest BCUT2D eigenvalue weighted by molar-refractivity contribution is -0.889. The molecule has 0 heterocycles. The Morgan fingerprint density at radius 3 is 1.44 bits per heavy atom. The van der Waals surface area contributed by atoms with Crippen LogP contribution in [0.1, 0.15) is 187 Å². The maximum atomic E-state index is 12.6. The van der Waals surface area contributed by atoms with E-state index in [0.29, 0.717) is 12.8 Å². The van der Waals surface area contributed by atoms with Gasteiger partial charge in [0.1, 0.15) is 12.6 Å². The van der Waals surface area contributed by atoms with Gasteiger partial charge < -0.3 is 28.6 Å². The van der Waals surface area contributed by atoms with Gasteiger partial charge in [-0.1, -0.05) is 142 Å². The fraction of sp³-hybridized carbons (Fsp3) is 0.881. The summed E-state index contributed by atoms with van der Waals surface area (Å²) in [4.78, 5) is 36.6. The Morgan fingerprint density at radius 1 is 0.580 bits per heavy atom. The van der Waals surface area contributed by atoms with Crippen molar-refractivity contribution in [1.29, 1.82) is 0 Å². The van der Waals surface area contributed by atoms with Crippen molar-refractivity contribution in [1.82, 2.24) is 0 Å². The lowest BCUT2D eigenvalue weighted by Crippen LogP contribution is -2.55. The van der Waals surface area contributed by atoms with Crippen molar-refractivity contribution in [3.63, 3.8) is 0 Å². The number of esters is 2. The maximum absolute atomic E-state index is 12.6. The molecule has 0 saturated carbocycles. The fourth-order valence-corrected chi connectivity index (χ4v) is 6.12. The van der Waals surface area contributed by atoms with E-state index in [2.05, 4.69) is 26.0 Å². The molecular weight excluding hydrogens is 630 g/mol. The molecule has 2 unspecified atom stereocenters. The Balaban J connectivity index is 4.23. The number of quaternary nitrogens is 1. The van der Waals surface area contributed by atoms with Crippen molar-refractivity contribution in [3.05, 3.63) is 12.2 Å². The first kappa shape index (κ1) is 48.1. The molecule has 2 atom stereocenters. The van der Waals surface area contributed by atoms with Crippen LogP contribution >= 0.6 is 0 Å². The van der Waals surface area contributed by atoms with Crippen molar-refractivity contribution in [3.8, 4) is 0 Å². The predicted octanol–water partition coefficient (Wildman–Crippen LogP) is 9.41. The second-order valence-corrected chi connectivity index (χ2v) is 15.2. The third-order valence-electron chi connectivity index (χ3n) is 9.40. The summed E-state index contributed by atoms with van der Waals surface area (Å²) in [5.74, 6) is -1.74. The van der Waals surface area contributed by atoms with E-state index in [1.807, 2.05) is 0 Å². The topological polar surface area (TPSA) is 102 Å². The molecule has 8 nitrogen and oxygen atoms in total. The monoisotopic (exact) mass is 710 g/mol. The van der Waals surface area contributed by atoms with E-state index in [9.17, 15) is 19.5 Å². The number of nitrogens with zero attached hydrogens (tertiary/aromatic N) is 1. The van der Waals surface area contributed by atoms with Crippen LogP contribution in [0.3, 0.4) is 0 Å². The van der Waals surface area contributed by atoms with Crippen LogP contribution in [0.5, 0.6) is 0 Å². The van der Waals surface area contributed by atoms with Gasteiger partial charge >= 0.3 is 11.9 Å². The second kappa shape index (κ2) is 34.2.